The van der Waals surface area contributed by atoms with Crippen LogP contribution in [0.5, 0.6) is 11.5 Å². The highest BCUT2D eigenvalue weighted by Gasteiger charge is 2.14. The molecule has 0 aliphatic carbocycles. The Labute approximate surface area is 163 Å². The predicted octanol–water partition coefficient (Wildman–Crippen LogP) is 4.30. The van der Waals surface area contributed by atoms with Gasteiger partial charge in [-0.2, -0.15) is 14.0 Å². The van der Waals surface area contributed by atoms with Gasteiger partial charge in [-0.3, -0.25) is 10.1 Å². The summed E-state index contributed by atoms with van der Waals surface area (Å²) in [5.41, 5.74) is 1.11. The lowest BCUT2D eigenvalue weighted by Crippen LogP contribution is -2.20. The maximum absolute atomic E-state index is 12.5. The van der Waals surface area contributed by atoms with Crippen LogP contribution in [0.15, 0.2) is 53.9 Å². The average molecular weight is 401 g/mol. The summed E-state index contributed by atoms with van der Waals surface area (Å²) >= 11 is 1.14. The Morgan fingerprint density at radius 2 is 1.89 bits per heavy atom. The third-order valence-corrected chi connectivity index (χ3v) is 4.25. The van der Waals surface area contributed by atoms with E-state index in [2.05, 4.69) is 15.0 Å². The monoisotopic (exact) mass is 401 g/mol. The van der Waals surface area contributed by atoms with Crippen LogP contribution in [0, 0.1) is 11.3 Å². The molecule has 0 fully saturated rings. The average Bonchev–Trinajstić information content (AvgIpc) is 3.14. The molecule has 3 aromatic rings. The SMILES string of the molecule is N#Cc1ccccc1OCC(=O)Nc1nc(-c2ccccc2OC(F)F)cs1. The van der Waals surface area contributed by atoms with Gasteiger partial charge in [0.25, 0.3) is 5.91 Å². The summed E-state index contributed by atoms with van der Waals surface area (Å²) in [7, 11) is 0. The number of para-hydroxylation sites is 2. The van der Waals surface area contributed by atoms with Gasteiger partial charge in [-0.1, -0.05) is 24.3 Å². The first-order chi connectivity index (χ1) is 13.6. The zero-order valence-electron chi connectivity index (χ0n) is 14.3. The maximum atomic E-state index is 12.5. The molecule has 1 aromatic heterocycles. The Kier molecular flexibility index (Phi) is 6.14. The number of thiazole rings is 1. The molecule has 28 heavy (non-hydrogen) atoms. The summed E-state index contributed by atoms with van der Waals surface area (Å²) in [5.74, 6) is -0.166. The third kappa shape index (κ3) is 4.81. The van der Waals surface area contributed by atoms with E-state index < -0.39 is 12.5 Å². The van der Waals surface area contributed by atoms with Crippen molar-refractivity contribution in [2.75, 3.05) is 11.9 Å². The number of nitriles is 1. The Bertz CT molecular complexity index is 1020. The van der Waals surface area contributed by atoms with Crippen molar-refractivity contribution in [3.63, 3.8) is 0 Å². The standard InChI is InChI=1S/C19H13F2N3O3S/c20-18(21)27-16-8-4-2-6-13(16)14-11-28-19(23-14)24-17(25)10-26-15-7-3-1-5-12(15)9-22/h1-8,11,18H,10H2,(H,23,24,25). The molecule has 0 aliphatic rings. The molecule has 0 unspecified atom stereocenters. The molecule has 0 atom stereocenters. The Morgan fingerprint density at radius 1 is 1.18 bits per heavy atom. The van der Waals surface area contributed by atoms with Crippen LogP contribution < -0.4 is 14.8 Å². The van der Waals surface area contributed by atoms with Gasteiger partial charge in [-0.05, 0) is 24.3 Å². The molecule has 3 rings (SSSR count). The zero-order chi connectivity index (χ0) is 19.9. The first-order valence-electron chi connectivity index (χ1n) is 7.98. The van der Waals surface area contributed by atoms with Crippen molar-refractivity contribution in [3.8, 4) is 28.8 Å². The Hall–Kier alpha value is -3.51. The molecule has 0 bridgehead atoms. The van der Waals surface area contributed by atoms with Gasteiger partial charge in [-0.15, -0.1) is 11.3 Å². The first kappa shape index (κ1) is 19.3. The van der Waals surface area contributed by atoms with Crippen LogP contribution in [0.4, 0.5) is 13.9 Å². The van der Waals surface area contributed by atoms with Gasteiger partial charge in [0, 0.05) is 10.9 Å². The number of benzene rings is 2. The number of rotatable bonds is 7. The van der Waals surface area contributed by atoms with Gasteiger partial charge in [-0.25, -0.2) is 4.98 Å². The van der Waals surface area contributed by atoms with Crippen LogP contribution in [-0.4, -0.2) is 24.1 Å². The van der Waals surface area contributed by atoms with Crippen molar-refractivity contribution in [2.45, 2.75) is 6.61 Å². The van der Waals surface area contributed by atoms with E-state index in [9.17, 15) is 13.6 Å². The summed E-state index contributed by atoms with van der Waals surface area (Å²) in [6.45, 7) is -3.26. The molecule has 142 valence electrons. The quantitative estimate of drug-likeness (QED) is 0.638. The Balaban J connectivity index is 1.65. The summed E-state index contributed by atoms with van der Waals surface area (Å²) in [5, 5.41) is 13.5. The number of hydrogen-bond donors (Lipinski definition) is 1. The van der Waals surface area contributed by atoms with Gasteiger partial charge in [0.05, 0.1) is 11.3 Å². The lowest BCUT2D eigenvalue weighted by molar-refractivity contribution is -0.118. The molecule has 1 amide bonds. The number of nitrogens with zero attached hydrogens (tertiary/aromatic N) is 2. The minimum atomic E-state index is -2.95. The normalized spacial score (nSPS) is 10.4. The van der Waals surface area contributed by atoms with Crippen molar-refractivity contribution in [1.82, 2.24) is 4.98 Å². The molecule has 0 spiro atoms. The summed E-state index contributed by atoms with van der Waals surface area (Å²) in [6.07, 6.45) is 0. The van der Waals surface area contributed by atoms with Crippen LogP contribution in [0.2, 0.25) is 0 Å². The molecular formula is C19H13F2N3O3S. The highest BCUT2D eigenvalue weighted by Crippen LogP contribution is 2.33. The number of amides is 1. The molecule has 6 nitrogen and oxygen atoms in total. The van der Waals surface area contributed by atoms with Crippen LogP contribution in [0.25, 0.3) is 11.3 Å². The molecule has 1 N–H and O–H groups in total. The molecule has 0 radical (unpaired) electrons. The van der Waals surface area contributed by atoms with E-state index in [4.69, 9.17) is 10.00 Å². The molecule has 0 saturated heterocycles. The van der Waals surface area contributed by atoms with E-state index >= 15 is 0 Å². The van der Waals surface area contributed by atoms with Gasteiger partial charge in [0.15, 0.2) is 11.7 Å². The predicted molar refractivity (Wildman–Crippen MR) is 99.5 cm³/mol. The zero-order valence-corrected chi connectivity index (χ0v) is 15.1. The van der Waals surface area contributed by atoms with Crippen LogP contribution in [-0.2, 0) is 4.79 Å². The highest BCUT2D eigenvalue weighted by molar-refractivity contribution is 7.14. The van der Waals surface area contributed by atoms with E-state index in [0.717, 1.165) is 11.3 Å². The molecule has 0 saturated carbocycles. The van der Waals surface area contributed by atoms with E-state index in [1.807, 2.05) is 6.07 Å². The van der Waals surface area contributed by atoms with Crippen molar-refractivity contribution in [3.05, 3.63) is 59.5 Å². The number of aromatic nitrogens is 1. The van der Waals surface area contributed by atoms with E-state index in [1.165, 1.54) is 6.07 Å². The molecule has 2 aromatic carbocycles. The molecule has 0 aliphatic heterocycles. The van der Waals surface area contributed by atoms with Gasteiger partial charge in [0.1, 0.15) is 17.6 Å². The minimum absolute atomic E-state index is 0.00267. The van der Waals surface area contributed by atoms with E-state index in [0.29, 0.717) is 22.6 Å². The maximum Gasteiger partial charge on any atom is 0.387 e. The fourth-order valence-corrected chi connectivity index (χ4v) is 3.04. The number of carbonyl (C=O) groups is 1. The van der Waals surface area contributed by atoms with Crippen molar-refractivity contribution < 1.29 is 23.0 Å². The number of ether oxygens (including phenoxy) is 2. The number of carbonyl (C=O) groups excluding carboxylic acids is 1. The topological polar surface area (TPSA) is 84.2 Å². The lowest BCUT2D eigenvalue weighted by atomic mass is 10.1. The second kappa shape index (κ2) is 8.92. The first-order valence-corrected chi connectivity index (χ1v) is 8.86. The van der Waals surface area contributed by atoms with Crippen LogP contribution in [0.1, 0.15) is 5.56 Å². The summed E-state index contributed by atoms with van der Waals surface area (Å²) < 4.78 is 34.9. The van der Waals surface area contributed by atoms with Crippen molar-refractivity contribution in [2.24, 2.45) is 0 Å². The summed E-state index contributed by atoms with van der Waals surface area (Å²) in [6, 6.07) is 14.8. The molecule has 1 heterocycles. The van der Waals surface area contributed by atoms with Crippen LogP contribution >= 0.6 is 11.3 Å². The number of nitrogens with one attached hydrogen (secondary N) is 1. The van der Waals surface area contributed by atoms with E-state index in [1.54, 1.807) is 47.8 Å². The van der Waals surface area contributed by atoms with E-state index in [-0.39, 0.29) is 17.5 Å². The van der Waals surface area contributed by atoms with Crippen molar-refractivity contribution in [1.29, 1.82) is 5.26 Å². The van der Waals surface area contributed by atoms with Crippen molar-refractivity contribution >= 4 is 22.4 Å². The highest BCUT2D eigenvalue weighted by atomic mass is 32.1. The Morgan fingerprint density at radius 3 is 2.64 bits per heavy atom. The third-order valence-electron chi connectivity index (χ3n) is 3.50. The number of alkyl halides is 2. The second-order valence-corrected chi connectivity index (χ2v) is 6.22. The lowest BCUT2D eigenvalue weighted by Gasteiger charge is -2.08. The van der Waals surface area contributed by atoms with Crippen LogP contribution in [0.3, 0.4) is 0 Å². The second-order valence-electron chi connectivity index (χ2n) is 5.36. The van der Waals surface area contributed by atoms with Gasteiger partial charge in [0.2, 0.25) is 0 Å². The number of halogens is 2. The van der Waals surface area contributed by atoms with Gasteiger partial charge >= 0.3 is 6.61 Å². The van der Waals surface area contributed by atoms with Gasteiger partial charge < -0.3 is 9.47 Å². The fourth-order valence-electron chi connectivity index (χ4n) is 2.32. The largest absolute Gasteiger partial charge is 0.482 e. The molecule has 9 heteroatoms. The minimum Gasteiger partial charge on any atom is -0.482 e. The fraction of sp³-hybridized carbons (Fsp3) is 0.105. The molecular weight excluding hydrogens is 388 g/mol. The smallest absolute Gasteiger partial charge is 0.387 e. The number of hydrogen-bond acceptors (Lipinski definition) is 6. The summed E-state index contributed by atoms with van der Waals surface area (Å²) in [4.78, 5) is 16.3. The number of anilines is 1.